The van der Waals surface area contributed by atoms with Crippen LogP contribution in [0.3, 0.4) is 0 Å². The van der Waals surface area contributed by atoms with Crippen molar-refractivity contribution in [2.45, 2.75) is 12.8 Å². The largest absolute Gasteiger partial charge is 0.370 e. The minimum Gasteiger partial charge on any atom is -0.370 e. The molecule has 3 rings (SSSR count). The van der Waals surface area contributed by atoms with Crippen LogP contribution in [0.2, 0.25) is 5.02 Å². The molecule has 2 heterocycles. The van der Waals surface area contributed by atoms with Gasteiger partial charge in [0, 0.05) is 18.1 Å². The molecule has 1 fully saturated rings. The first kappa shape index (κ1) is 13.5. The van der Waals surface area contributed by atoms with Gasteiger partial charge >= 0.3 is 0 Å². The first-order valence-corrected chi connectivity index (χ1v) is 7.89. The lowest BCUT2D eigenvalue weighted by Gasteiger charge is -2.21. The molecule has 0 radical (unpaired) electrons. The van der Waals surface area contributed by atoms with Gasteiger partial charge in [-0.15, -0.1) is 11.3 Å². The molecule has 1 aromatic carbocycles. The molecule has 1 aliphatic heterocycles. The van der Waals surface area contributed by atoms with Crippen LogP contribution in [0, 0.1) is 0 Å². The zero-order chi connectivity index (χ0) is 13.9. The summed E-state index contributed by atoms with van der Waals surface area (Å²) < 4.78 is 0. The normalized spacial score (nSPS) is 14.6. The lowest BCUT2D eigenvalue weighted by molar-refractivity contribution is 0.103. The van der Waals surface area contributed by atoms with Gasteiger partial charge in [0.2, 0.25) is 0 Å². The highest BCUT2D eigenvalue weighted by atomic mass is 35.5. The molecule has 20 heavy (non-hydrogen) atoms. The molecule has 0 aliphatic carbocycles. The first-order chi connectivity index (χ1) is 9.74. The summed E-state index contributed by atoms with van der Waals surface area (Å²) in [5.74, 6) is -0.0808. The lowest BCUT2D eigenvalue weighted by atomic mass is 10.2. The zero-order valence-corrected chi connectivity index (χ0v) is 12.5. The molecule has 1 aromatic heterocycles. The molecule has 0 bridgehead atoms. The molecule has 0 unspecified atom stereocenters. The van der Waals surface area contributed by atoms with Crippen LogP contribution in [0.4, 0.5) is 11.4 Å². The number of thiophene rings is 1. The van der Waals surface area contributed by atoms with Gasteiger partial charge in [-0.2, -0.15) is 0 Å². The van der Waals surface area contributed by atoms with Crippen LogP contribution in [0.15, 0.2) is 35.7 Å². The fraction of sp³-hybridized carbons (Fsp3) is 0.267. The molecule has 1 aliphatic rings. The molecule has 1 saturated heterocycles. The highest BCUT2D eigenvalue weighted by Gasteiger charge is 2.18. The van der Waals surface area contributed by atoms with Crippen LogP contribution in [0.5, 0.6) is 0 Å². The van der Waals surface area contributed by atoms with Crippen LogP contribution < -0.4 is 10.2 Å². The van der Waals surface area contributed by atoms with Gasteiger partial charge in [-0.25, -0.2) is 0 Å². The third-order valence-electron chi connectivity index (χ3n) is 3.40. The highest BCUT2D eigenvalue weighted by molar-refractivity contribution is 7.12. The van der Waals surface area contributed by atoms with Gasteiger partial charge in [-0.3, -0.25) is 4.79 Å². The topological polar surface area (TPSA) is 32.3 Å². The fourth-order valence-electron chi connectivity index (χ4n) is 2.43. The smallest absolute Gasteiger partial charge is 0.265 e. The van der Waals surface area contributed by atoms with Gasteiger partial charge < -0.3 is 10.2 Å². The number of nitrogens with zero attached hydrogens (tertiary/aromatic N) is 1. The Morgan fingerprint density at radius 3 is 2.75 bits per heavy atom. The summed E-state index contributed by atoms with van der Waals surface area (Å²) in [5, 5.41) is 5.51. The fourth-order valence-corrected chi connectivity index (χ4v) is 3.22. The number of amides is 1. The van der Waals surface area contributed by atoms with Crippen molar-refractivity contribution < 1.29 is 4.79 Å². The third-order valence-corrected chi connectivity index (χ3v) is 4.50. The van der Waals surface area contributed by atoms with E-state index < -0.39 is 0 Å². The van der Waals surface area contributed by atoms with Crippen molar-refractivity contribution in [1.82, 2.24) is 0 Å². The lowest BCUT2D eigenvalue weighted by Crippen LogP contribution is -2.20. The standard InChI is InChI=1S/C15H15ClN2OS/c16-11-5-6-13(18-7-1-2-8-18)12(10-11)17-15(19)14-4-3-9-20-14/h3-6,9-10H,1-2,7-8H2,(H,17,19). The summed E-state index contributed by atoms with van der Waals surface area (Å²) in [6.45, 7) is 2.06. The second-order valence-corrected chi connectivity index (χ2v) is 6.17. The summed E-state index contributed by atoms with van der Waals surface area (Å²) in [4.78, 5) is 15.2. The van der Waals surface area contributed by atoms with E-state index in [0.717, 1.165) is 24.5 Å². The number of anilines is 2. The molecule has 0 saturated carbocycles. The van der Waals surface area contributed by atoms with Crippen molar-refractivity contribution in [1.29, 1.82) is 0 Å². The maximum Gasteiger partial charge on any atom is 0.265 e. The van der Waals surface area contributed by atoms with Gasteiger partial charge in [0.15, 0.2) is 0 Å². The number of hydrogen-bond donors (Lipinski definition) is 1. The maximum absolute atomic E-state index is 12.2. The minimum absolute atomic E-state index is 0.0808. The Hall–Kier alpha value is -1.52. The molecule has 1 N–H and O–H groups in total. The van der Waals surface area contributed by atoms with Crippen LogP contribution in [0.1, 0.15) is 22.5 Å². The maximum atomic E-state index is 12.2. The van der Waals surface area contributed by atoms with Gasteiger partial charge in [0.1, 0.15) is 0 Å². The Labute approximate surface area is 127 Å². The van der Waals surface area contributed by atoms with Crippen molar-refractivity contribution in [3.05, 3.63) is 45.6 Å². The number of hydrogen-bond acceptors (Lipinski definition) is 3. The van der Waals surface area contributed by atoms with E-state index >= 15 is 0 Å². The summed E-state index contributed by atoms with van der Waals surface area (Å²) in [7, 11) is 0. The molecular formula is C15H15ClN2OS. The average molecular weight is 307 g/mol. The molecule has 0 spiro atoms. The van der Waals surface area contributed by atoms with E-state index in [4.69, 9.17) is 11.6 Å². The van der Waals surface area contributed by atoms with E-state index in [2.05, 4.69) is 10.2 Å². The number of nitrogens with one attached hydrogen (secondary N) is 1. The summed E-state index contributed by atoms with van der Waals surface area (Å²) in [6, 6.07) is 9.37. The first-order valence-electron chi connectivity index (χ1n) is 6.63. The third kappa shape index (κ3) is 2.81. The number of halogens is 1. The Bertz CT molecular complexity index is 606. The molecule has 2 aromatic rings. The van der Waals surface area contributed by atoms with Gasteiger partial charge in [0.25, 0.3) is 5.91 Å². The summed E-state index contributed by atoms with van der Waals surface area (Å²) in [6.07, 6.45) is 2.39. The van der Waals surface area contributed by atoms with Gasteiger partial charge in [-0.05, 0) is 42.5 Å². The number of carbonyl (C=O) groups is 1. The summed E-state index contributed by atoms with van der Waals surface area (Å²) >= 11 is 7.50. The van der Waals surface area contributed by atoms with Crippen molar-refractivity contribution in [3.63, 3.8) is 0 Å². The van der Waals surface area contributed by atoms with Crippen LogP contribution in [-0.2, 0) is 0 Å². The van der Waals surface area contributed by atoms with E-state index in [1.54, 1.807) is 0 Å². The second kappa shape index (κ2) is 5.85. The molecule has 0 atom stereocenters. The van der Waals surface area contributed by atoms with Crippen molar-refractivity contribution in [2.75, 3.05) is 23.3 Å². The molecule has 5 heteroatoms. The van der Waals surface area contributed by atoms with Gasteiger partial charge in [0.05, 0.1) is 16.3 Å². The van der Waals surface area contributed by atoms with E-state index in [1.165, 1.54) is 24.2 Å². The van der Waals surface area contributed by atoms with Crippen molar-refractivity contribution in [3.8, 4) is 0 Å². The van der Waals surface area contributed by atoms with E-state index in [-0.39, 0.29) is 5.91 Å². The van der Waals surface area contributed by atoms with E-state index in [9.17, 15) is 4.79 Å². The predicted molar refractivity (Wildman–Crippen MR) is 85.2 cm³/mol. The Kier molecular flexibility index (Phi) is 3.94. The molecular weight excluding hydrogens is 292 g/mol. The molecule has 104 valence electrons. The molecule has 1 amide bonds. The zero-order valence-electron chi connectivity index (χ0n) is 10.9. The Morgan fingerprint density at radius 1 is 1.25 bits per heavy atom. The van der Waals surface area contributed by atoms with Crippen LogP contribution in [-0.4, -0.2) is 19.0 Å². The Balaban J connectivity index is 1.87. The number of rotatable bonds is 3. The highest BCUT2D eigenvalue weighted by Crippen LogP contribution is 2.32. The number of benzene rings is 1. The number of carbonyl (C=O) groups excluding carboxylic acids is 1. The minimum atomic E-state index is -0.0808. The average Bonchev–Trinajstić information content (AvgIpc) is 3.12. The van der Waals surface area contributed by atoms with Crippen molar-refractivity contribution in [2.24, 2.45) is 0 Å². The Morgan fingerprint density at radius 2 is 2.05 bits per heavy atom. The van der Waals surface area contributed by atoms with Gasteiger partial charge in [-0.1, -0.05) is 17.7 Å². The quantitative estimate of drug-likeness (QED) is 0.919. The second-order valence-electron chi connectivity index (χ2n) is 4.79. The van der Waals surface area contributed by atoms with E-state index in [1.807, 2.05) is 35.7 Å². The van der Waals surface area contributed by atoms with Crippen LogP contribution >= 0.6 is 22.9 Å². The predicted octanol–water partition coefficient (Wildman–Crippen LogP) is 4.25. The van der Waals surface area contributed by atoms with E-state index in [0.29, 0.717) is 9.90 Å². The monoisotopic (exact) mass is 306 g/mol. The summed E-state index contributed by atoms with van der Waals surface area (Å²) in [5.41, 5.74) is 1.84. The van der Waals surface area contributed by atoms with Crippen molar-refractivity contribution >= 4 is 40.2 Å². The van der Waals surface area contributed by atoms with Crippen LogP contribution in [0.25, 0.3) is 0 Å². The SMILES string of the molecule is O=C(Nc1cc(Cl)ccc1N1CCCC1)c1cccs1. The molecule has 3 nitrogen and oxygen atoms in total.